The van der Waals surface area contributed by atoms with Crippen LogP contribution in [0.25, 0.3) is 0 Å². The molecule has 5 heteroatoms. The lowest BCUT2D eigenvalue weighted by Gasteiger charge is -2.33. The van der Waals surface area contributed by atoms with Gasteiger partial charge in [-0.15, -0.1) is 0 Å². The van der Waals surface area contributed by atoms with Crippen molar-refractivity contribution in [2.45, 2.75) is 31.8 Å². The fraction of sp³-hybridized carbons (Fsp3) is 0.500. The van der Waals surface area contributed by atoms with Gasteiger partial charge in [0.1, 0.15) is 0 Å². The van der Waals surface area contributed by atoms with Crippen molar-refractivity contribution in [3.63, 3.8) is 0 Å². The van der Waals surface area contributed by atoms with Crippen LogP contribution >= 0.6 is 0 Å². The van der Waals surface area contributed by atoms with Gasteiger partial charge in [0.15, 0.2) is 0 Å². The number of carboxylic acids is 1. The van der Waals surface area contributed by atoms with Gasteiger partial charge in [-0.3, -0.25) is 9.59 Å². The predicted octanol–water partition coefficient (Wildman–Crippen LogP) is 1.85. The number of ether oxygens (including phenoxy) is 1. The Bertz CT molecular complexity index is 551. The molecule has 2 heterocycles. The highest BCUT2D eigenvalue weighted by molar-refractivity contribution is 5.96. The summed E-state index contributed by atoms with van der Waals surface area (Å²) < 4.78 is 5.51. The molecular weight excluding hydrogens is 270 g/mol. The van der Waals surface area contributed by atoms with Crippen LogP contribution in [-0.4, -0.2) is 36.2 Å². The fourth-order valence-corrected chi connectivity index (χ4v) is 3.11. The summed E-state index contributed by atoms with van der Waals surface area (Å²) in [6.07, 6.45) is 2.70. The van der Waals surface area contributed by atoms with Crippen molar-refractivity contribution in [1.29, 1.82) is 0 Å². The van der Waals surface area contributed by atoms with Crippen molar-refractivity contribution in [2.24, 2.45) is 5.92 Å². The number of para-hydroxylation sites is 1. The molecule has 1 N–H and O–H groups in total. The average molecular weight is 289 g/mol. The number of carbonyl (C=O) groups excluding carboxylic acids is 1. The van der Waals surface area contributed by atoms with Gasteiger partial charge in [-0.2, -0.15) is 0 Å². The first kappa shape index (κ1) is 14.1. The van der Waals surface area contributed by atoms with E-state index in [4.69, 9.17) is 4.74 Å². The Balaban J connectivity index is 1.81. The Kier molecular flexibility index (Phi) is 3.92. The van der Waals surface area contributed by atoms with Gasteiger partial charge in [-0.1, -0.05) is 18.2 Å². The molecule has 0 aromatic heterocycles. The summed E-state index contributed by atoms with van der Waals surface area (Å²) in [6, 6.07) is 7.55. The Morgan fingerprint density at radius 2 is 2.14 bits per heavy atom. The number of amides is 1. The SMILES string of the molecule is O=C(O)C1Cc2ccccc2N(C(=O)CC2CCCO2)C1. The minimum atomic E-state index is -0.848. The summed E-state index contributed by atoms with van der Waals surface area (Å²) >= 11 is 0. The summed E-state index contributed by atoms with van der Waals surface area (Å²) in [6.45, 7) is 0.962. The number of carbonyl (C=O) groups is 2. The largest absolute Gasteiger partial charge is 0.481 e. The van der Waals surface area contributed by atoms with Gasteiger partial charge in [-0.25, -0.2) is 0 Å². The first-order valence-electron chi connectivity index (χ1n) is 7.38. The van der Waals surface area contributed by atoms with E-state index in [1.807, 2.05) is 24.3 Å². The number of benzene rings is 1. The van der Waals surface area contributed by atoms with Crippen LogP contribution < -0.4 is 4.90 Å². The van der Waals surface area contributed by atoms with E-state index >= 15 is 0 Å². The molecule has 3 rings (SSSR count). The second kappa shape index (κ2) is 5.85. The molecule has 2 aliphatic rings. The molecule has 5 nitrogen and oxygen atoms in total. The zero-order valence-corrected chi connectivity index (χ0v) is 11.8. The van der Waals surface area contributed by atoms with Crippen LogP contribution in [0.1, 0.15) is 24.8 Å². The van der Waals surface area contributed by atoms with E-state index in [0.29, 0.717) is 19.4 Å². The van der Waals surface area contributed by atoms with Gasteiger partial charge in [-0.05, 0) is 30.9 Å². The van der Waals surface area contributed by atoms with Crippen LogP contribution in [-0.2, 0) is 20.7 Å². The van der Waals surface area contributed by atoms with Gasteiger partial charge in [0.2, 0.25) is 5.91 Å². The highest BCUT2D eigenvalue weighted by atomic mass is 16.5. The zero-order chi connectivity index (χ0) is 14.8. The lowest BCUT2D eigenvalue weighted by molar-refractivity contribution is -0.141. The molecule has 1 aromatic rings. The van der Waals surface area contributed by atoms with Crippen molar-refractivity contribution in [1.82, 2.24) is 0 Å². The van der Waals surface area contributed by atoms with Crippen molar-refractivity contribution in [2.75, 3.05) is 18.1 Å². The summed E-state index contributed by atoms with van der Waals surface area (Å²) in [7, 11) is 0. The highest BCUT2D eigenvalue weighted by Crippen LogP contribution is 2.31. The molecule has 2 atom stereocenters. The monoisotopic (exact) mass is 289 g/mol. The van der Waals surface area contributed by atoms with Crippen LogP contribution in [0.4, 0.5) is 5.69 Å². The molecule has 0 radical (unpaired) electrons. The molecule has 0 saturated carbocycles. The predicted molar refractivity (Wildman–Crippen MR) is 77.2 cm³/mol. The van der Waals surface area contributed by atoms with Gasteiger partial charge < -0.3 is 14.7 Å². The average Bonchev–Trinajstić information content (AvgIpc) is 2.98. The highest BCUT2D eigenvalue weighted by Gasteiger charge is 2.33. The van der Waals surface area contributed by atoms with E-state index in [-0.39, 0.29) is 18.6 Å². The minimum Gasteiger partial charge on any atom is -0.481 e. The van der Waals surface area contributed by atoms with Gasteiger partial charge in [0.25, 0.3) is 0 Å². The van der Waals surface area contributed by atoms with Crippen LogP contribution in [0.5, 0.6) is 0 Å². The molecule has 112 valence electrons. The topological polar surface area (TPSA) is 66.8 Å². The number of anilines is 1. The molecule has 1 amide bonds. The second-order valence-electron chi connectivity index (χ2n) is 5.71. The molecule has 1 saturated heterocycles. The van der Waals surface area contributed by atoms with Gasteiger partial charge >= 0.3 is 5.97 Å². The Morgan fingerprint density at radius 1 is 1.33 bits per heavy atom. The summed E-state index contributed by atoms with van der Waals surface area (Å²) in [5.41, 5.74) is 1.77. The quantitative estimate of drug-likeness (QED) is 0.922. The van der Waals surface area contributed by atoms with E-state index in [1.54, 1.807) is 4.90 Å². The van der Waals surface area contributed by atoms with E-state index in [2.05, 4.69) is 0 Å². The normalized spacial score (nSPS) is 24.7. The van der Waals surface area contributed by atoms with Crippen molar-refractivity contribution >= 4 is 17.6 Å². The first-order valence-corrected chi connectivity index (χ1v) is 7.38. The maximum absolute atomic E-state index is 12.5. The maximum Gasteiger partial charge on any atom is 0.308 e. The van der Waals surface area contributed by atoms with Crippen molar-refractivity contribution < 1.29 is 19.4 Å². The molecule has 21 heavy (non-hydrogen) atoms. The molecule has 1 aromatic carbocycles. The number of rotatable bonds is 3. The Morgan fingerprint density at radius 3 is 2.86 bits per heavy atom. The molecule has 0 aliphatic carbocycles. The zero-order valence-electron chi connectivity index (χ0n) is 11.8. The second-order valence-corrected chi connectivity index (χ2v) is 5.71. The lowest BCUT2D eigenvalue weighted by Crippen LogP contribution is -2.43. The molecular formula is C16H19NO4. The Labute approximate surface area is 123 Å². The number of nitrogens with zero attached hydrogens (tertiary/aromatic N) is 1. The first-order chi connectivity index (χ1) is 10.1. The summed E-state index contributed by atoms with van der Waals surface area (Å²) in [5.74, 6) is -1.42. The number of hydrogen-bond acceptors (Lipinski definition) is 3. The van der Waals surface area contributed by atoms with Crippen molar-refractivity contribution in [3.05, 3.63) is 29.8 Å². The third-order valence-electron chi connectivity index (χ3n) is 4.23. The molecule has 0 spiro atoms. The minimum absolute atomic E-state index is 0.0186. The number of fused-ring (bicyclic) bond motifs is 1. The maximum atomic E-state index is 12.5. The van der Waals surface area contributed by atoms with Crippen LogP contribution in [0.2, 0.25) is 0 Å². The van der Waals surface area contributed by atoms with E-state index in [9.17, 15) is 14.7 Å². The fourth-order valence-electron chi connectivity index (χ4n) is 3.11. The van der Waals surface area contributed by atoms with Crippen molar-refractivity contribution in [3.8, 4) is 0 Å². The van der Waals surface area contributed by atoms with Crippen LogP contribution in [0, 0.1) is 5.92 Å². The number of aliphatic carboxylic acids is 1. The number of hydrogen-bond donors (Lipinski definition) is 1. The number of carboxylic acid groups (broad SMARTS) is 1. The van der Waals surface area contributed by atoms with Gasteiger partial charge in [0, 0.05) is 18.8 Å². The molecule has 2 aliphatic heterocycles. The standard InChI is InChI=1S/C16H19NO4/c18-15(9-13-5-3-7-21-13)17-10-12(16(19)20)8-11-4-1-2-6-14(11)17/h1-2,4,6,12-13H,3,5,7-10H2,(H,19,20). The van der Waals surface area contributed by atoms with E-state index < -0.39 is 11.9 Å². The van der Waals surface area contributed by atoms with Gasteiger partial charge in [0.05, 0.1) is 18.4 Å². The summed E-state index contributed by atoms with van der Waals surface area (Å²) in [5, 5.41) is 9.28. The third kappa shape index (κ3) is 2.93. The molecule has 0 bridgehead atoms. The van der Waals surface area contributed by atoms with Crippen LogP contribution in [0.15, 0.2) is 24.3 Å². The lowest BCUT2D eigenvalue weighted by atomic mass is 9.92. The molecule has 2 unspecified atom stereocenters. The third-order valence-corrected chi connectivity index (χ3v) is 4.23. The molecule has 1 fully saturated rings. The van der Waals surface area contributed by atoms with E-state index in [0.717, 1.165) is 24.1 Å². The van der Waals surface area contributed by atoms with E-state index in [1.165, 1.54) is 0 Å². The van der Waals surface area contributed by atoms with Crippen LogP contribution in [0.3, 0.4) is 0 Å². The summed E-state index contributed by atoms with van der Waals surface area (Å²) in [4.78, 5) is 25.5. The Hall–Kier alpha value is -1.88. The smallest absolute Gasteiger partial charge is 0.308 e.